The summed E-state index contributed by atoms with van der Waals surface area (Å²) in [6.45, 7) is 3.62. The van der Waals surface area contributed by atoms with E-state index >= 15 is 0 Å². The molecule has 0 bridgehead atoms. The number of imidazole rings is 1. The molecule has 0 saturated carbocycles. The molecule has 0 aliphatic carbocycles. The van der Waals surface area contributed by atoms with E-state index in [1.54, 1.807) is 31.5 Å². The van der Waals surface area contributed by atoms with E-state index in [-0.39, 0.29) is 23.9 Å². The smallest absolute Gasteiger partial charge is 0.359 e. The van der Waals surface area contributed by atoms with Gasteiger partial charge in [-0.25, -0.2) is 14.2 Å². The van der Waals surface area contributed by atoms with Crippen LogP contribution in [0.2, 0.25) is 0 Å². The van der Waals surface area contributed by atoms with Crippen molar-refractivity contribution in [3.63, 3.8) is 0 Å². The zero-order chi connectivity index (χ0) is 16.7. The van der Waals surface area contributed by atoms with E-state index in [1.807, 2.05) is 0 Å². The molecule has 0 unspecified atom stereocenters. The Kier molecular flexibility index (Phi) is 3.63. The molecule has 1 aliphatic rings. The second kappa shape index (κ2) is 5.49. The van der Waals surface area contributed by atoms with E-state index in [0.29, 0.717) is 11.4 Å². The van der Waals surface area contributed by atoms with Gasteiger partial charge in [-0.1, -0.05) is 6.07 Å². The lowest BCUT2D eigenvalue weighted by molar-refractivity contribution is 0.0368. The van der Waals surface area contributed by atoms with Crippen LogP contribution in [0.1, 0.15) is 40.4 Å². The van der Waals surface area contributed by atoms with Gasteiger partial charge in [0.25, 0.3) is 5.91 Å². The number of esters is 1. The van der Waals surface area contributed by atoms with Gasteiger partial charge in [0, 0.05) is 7.05 Å². The third-order valence-electron chi connectivity index (χ3n) is 3.60. The van der Waals surface area contributed by atoms with Crippen LogP contribution in [-0.2, 0) is 11.3 Å². The number of nitrogens with zero attached hydrogens (tertiary/aromatic N) is 3. The monoisotopic (exact) mass is 317 g/mol. The molecule has 0 fully saturated rings. The zero-order valence-corrected chi connectivity index (χ0v) is 13.0. The van der Waals surface area contributed by atoms with Crippen LogP contribution in [-0.4, -0.2) is 39.5 Å². The minimum absolute atomic E-state index is 0.0325. The summed E-state index contributed by atoms with van der Waals surface area (Å²) in [5.41, 5.74) is 0.965. The topological polar surface area (TPSA) is 64.4 Å². The number of carbonyl (C=O) groups excluding carboxylic acids is 2. The van der Waals surface area contributed by atoms with Gasteiger partial charge in [0.2, 0.25) is 0 Å². The van der Waals surface area contributed by atoms with Crippen molar-refractivity contribution in [1.29, 1.82) is 0 Å². The van der Waals surface area contributed by atoms with Gasteiger partial charge in [-0.05, 0) is 26.0 Å². The maximum absolute atomic E-state index is 14.1. The molecule has 2 aromatic rings. The van der Waals surface area contributed by atoms with Crippen molar-refractivity contribution in [1.82, 2.24) is 14.5 Å². The number of hydrogen-bond donors (Lipinski definition) is 0. The van der Waals surface area contributed by atoms with Gasteiger partial charge in [0.05, 0.1) is 29.6 Å². The third-order valence-corrected chi connectivity index (χ3v) is 3.60. The maximum atomic E-state index is 14.1. The van der Waals surface area contributed by atoms with Gasteiger partial charge in [0.15, 0.2) is 5.69 Å². The summed E-state index contributed by atoms with van der Waals surface area (Å²) in [6, 6.07) is 4.38. The van der Waals surface area contributed by atoms with E-state index in [2.05, 4.69) is 4.98 Å². The largest absolute Gasteiger partial charge is 0.458 e. The Bertz CT molecular complexity index is 798. The van der Waals surface area contributed by atoms with Crippen LogP contribution in [0.25, 0.3) is 5.69 Å². The van der Waals surface area contributed by atoms with Crippen LogP contribution in [0.3, 0.4) is 0 Å². The molecule has 23 heavy (non-hydrogen) atoms. The number of aromatic nitrogens is 2. The Hall–Kier alpha value is -2.70. The second-order valence-electron chi connectivity index (χ2n) is 5.66. The van der Waals surface area contributed by atoms with Crippen LogP contribution in [0.15, 0.2) is 24.5 Å². The summed E-state index contributed by atoms with van der Waals surface area (Å²) >= 11 is 0. The van der Waals surface area contributed by atoms with Crippen LogP contribution in [0.5, 0.6) is 0 Å². The number of ether oxygens (including phenoxy) is 1. The molecule has 6 nitrogen and oxygen atoms in total. The first-order valence-electron chi connectivity index (χ1n) is 7.21. The molecule has 0 radical (unpaired) electrons. The Balaban J connectivity index is 2.18. The average molecular weight is 317 g/mol. The van der Waals surface area contributed by atoms with Crippen LogP contribution < -0.4 is 0 Å². The fourth-order valence-corrected chi connectivity index (χ4v) is 2.59. The number of hydrogen-bond acceptors (Lipinski definition) is 4. The molecule has 0 spiro atoms. The SMILES string of the molecule is CC(C)OC(=O)c1ncn2c1CN(C)C(=O)c1c(F)cccc1-2. The van der Waals surface area contributed by atoms with E-state index in [9.17, 15) is 14.0 Å². The highest BCUT2D eigenvalue weighted by Gasteiger charge is 2.30. The highest BCUT2D eigenvalue weighted by atomic mass is 19.1. The van der Waals surface area contributed by atoms with Gasteiger partial charge in [-0.15, -0.1) is 0 Å². The molecule has 120 valence electrons. The molecular weight excluding hydrogens is 301 g/mol. The lowest BCUT2D eigenvalue weighted by Crippen LogP contribution is -2.26. The standard InChI is InChI=1S/C16H16FN3O3/c1-9(2)23-16(22)14-12-7-19(3)15(21)13-10(17)5-4-6-11(13)20(12)8-18-14/h4-6,8-9H,7H2,1-3H3. The van der Waals surface area contributed by atoms with E-state index in [0.717, 1.165) is 0 Å². The highest BCUT2D eigenvalue weighted by molar-refractivity contribution is 5.99. The first kappa shape index (κ1) is 15.2. The number of rotatable bonds is 2. The molecule has 3 rings (SSSR count). The molecule has 0 atom stereocenters. The molecule has 2 heterocycles. The molecule has 7 heteroatoms. The first-order chi connectivity index (χ1) is 10.9. The van der Waals surface area contributed by atoms with Gasteiger partial charge >= 0.3 is 5.97 Å². The molecule has 1 amide bonds. The van der Waals surface area contributed by atoms with E-state index < -0.39 is 17.7 Å². The summed E-state index contributed by atoms with van der Waals surface area (Å²) in [6.07, 6.45) is 1.13. The Labute approximate surface area is 132 Å². The summed E-state index contributed by atoms with van der Waals surface area (Å²) in [5, 5.41) is 0. The summed E-state index contributed by atoms with van der Waals surface area (Å²) in [5.74, 6) is -1.60. The molecule has 1 aliphatic heterocycles. The molecule has 1 aromatic heterocycles. The van der Waals surface area contributed by atoms with Crippen molar-refractivity contribution >= 4 is 11.9 Å². The van der Waals surface area contributed by atoms with Gasteiger partial charge in [-0.2, -0.15) is 0 Å². The van der Waals surface area contributed by atoms with Crippen molar-refractivity contribution in [3.05, 3.63) is 47.3 Å². The van der Waals surface area contributed by atoms with Crippen LogP contribution in [0.4, 0.5) is 4.39 Å². The minimum atomic E-state index is -0.604. The molecule has 0 N–H and O–H groups in total. The lowest BCUT2D eigenvalue weighted by atomic mass is 10.1. The van der Waals surface area contributed by atoms with Crippen molar-refractivity contribution in [2.45, 2.75) is 26.5 Å². The number of benzene rings is 1. The molecule has 1 aromatic carbocycles. The summed E-state index contributed by atoms with van der Waals surface area (Å²) in [4.78, 5) is 30.1. The normalized spacial score (nSPS) is 13.6. The molecule has 0 saturated heterocycles. The van der Waals surface area contributed by atoms with Crippen LogP contribution in [0, 0.1) is 5.82 Å². The maximum Gasteiger partial charge on any atom is 0.359 e. The number of amides is 1. The van der Waals surface area contributed by atoms with Crippen molar-refractivity contribution in [2.75, 3.05) is 7.05 Å². The van der Waals surface area contributed by atoms with Crippen molar-refractivity contribution in [3.8, 4) is 5.69 Å². The minimum Gasteiger partial charge on any atom is -0.458 e. The number of fused-ring (bicyclic) bond motifs is 3. The van der Waals surface area contributed by atoms with Gasteiger partial charge in [0.1, 0.15) is 12.1 Å². The fourth-order valence-electron chi connectivity index (χ4n) is 2.59. The second-order valence-corrected chi connectivity index (χ2v) is 5.66. The predicted molar refractivity (Wildman–Crippen MR) is 79.9 cm³/mol. The van der Waals surface area contributed by atoms with E-state index in [4.69, 9.17) is 4.74 Å². The first-order valence-corrected chi connectivity index (χ1v) is 7.21. The third kappa shape index (κ3) is 2.48. The predicted octanol–water partition coefficient (Wildman–Crippen LogP) is 2.16. The lowest BCUT2D eigenvalue weighted by Gasteiger charge is -2.15. The molecular formula is C16H16FN3O3. The Morgan fingerprint density at radius 2 is 2.13 bits per heavy atom. The number of carbonyl (C=O) groups is 2. The van der Waals surface area contributed by atoms with Gasteiger partial charge < -0.3 is 9.64 Å². The Morgan fingerprint density at radius 1 is 1.39 bits per heavy atom. The summed E-state index contributed by atoms with van der Waals surface area (Å²) < 4.78 is 20.9. The Morgan fingerprint density at radius 3 is 2.83 bits per heavy atom. The van der Waals surface area contributed by atoms with Crippen molar-refractivity contribution < 1.29 is 18.7 Å². The highest BCUT2D eigenvalue weighted by Crippen LogP contribution is 2.27. The van der Waals surface area contributed by atoms with E-state index in [1.165, 1.54) is 23.4 Å². The summed E-state index contributed by atoms with van der Waals surface area (Å²) in [7, 11) is 1.55. The number of halogens is 1. The zero-order valence-electron chi connectivity index (χ0n) is 13.0. The quantitative estimate of drug-likeness (QED) is 0.796. The van der Waals surface area contributed by atoms with Gasteiger partial charge in [-0.3, -0.25) is 9.36 Å². The van der Waals surface area contributed by atoms with Crippen molar-refractivity contribution in [2.24, 2.45) is 0 Å². The fraction of sp³-hybridized carbons (Fsp3) is 0.312. The van der Waals surface area contributed by atoms with Crippen LogP contribution >= 0.6 is 0 Å². The average Bonchev–Trinajstić information content (AvgIpc) is 2.84.